The van der Waals surface area contributed by atoms with Crippen molar-refractivity contribution < 1.29 is 14.3 Å². The van der Waals surface area contributed by atoms with Crippen LogP contribution in [0.4, 0.5) is 5.69 Å². The van der Waals surface area contributed by atoms with Crippen LogP contribution < -0.4 is 15.0 Å². The molecule has 2 amide bonds. The number of halogens is 2. The molecule has 148 valence electrons. The van der Waals surface area contributed by atoms with Gasteiger partial charge in [-0.25, -0.2) is 0 Å². The number of nitrogens with zero attached hydrogens (tertiary/aromatic N) is 1. The molecule has 1 heterocycles. The van der Waals surface area contributed by atoms with Crippen molar-refractivity contribution in [3.05, 3.63) is 58.1 Å². The van der Waals surface area contributed by atoms with Gasteiger partial charge in [0.1, 0.15) is 11.9 Å². The lowest BCUT2D eigenvalue weighted by Crippen LogP contribution is -2.43. The van der Waals surface area contributed by atoms with E-state index in [2.05, 4.69) is 5.32 Å². The van der Waals surface area contributed by atoms with Gasteiger partial charge in [-0.2, -0.15) is 0 Å². The lowest BCUT2D eigenvalue weighted by Gasteiger charge is -2.34. The lowest BCUT2D eigenvalue weighted by atomic mass is 10.1. The molecule has 5 nitrogen and oxygen atoms in total. The highest BCUT2D eigenvalue weighted by Gasteiger charge is 2.29. The largest absolute Gasteiger partial charge is 0.486 e. The SMILES string of the molecule is CCC1CN(C(=O)CCC(=O)NCc2ccccc2Cl)c2cc(Cl)ccc2O1. The van der Waals surface area contributed by atoms with Gasteiger partial charge >= 0.3 is 0 Å². The predicted molar refractivity (Wildman–Crippen MR) is 111 cm³/mol. The molecule has 0 aliphatic carbocycles. The van der Waals surface area contributed by atoms with Gasteiger partial charge in [0.2, 0.25) is 11.8 Å². The number of hydrogen-bond acceptors (Lipinski definition) is 3. The van der Waals surface area contributed by atoms with Crippen LogP contribution in [0.15, 0.2) is 42.5 Å². The molecule has 28 heavy (non-hydrogen) atoms. The Balaban J connectivity index is 1.59. The van der Waals surface area contributed by atoms with Crippen molar-refractivity contribution in [1.82, 2.24) is 5.32 Å². The summed E-state index contributed by atoms with van der Waals surface area (Å²) >= 11 is 12.2. The Kier molecular flexibility index (Phi) is 6.81. The van der Waals surface area contributed by atoms with E-state index in [4.69, 9.17) is 27.9 Å². The zero-order valence-corrected chi connectivity index (χ0v) is 17.1. The summed E-state index contributed by atoms with van der Waals surface area (Å²) in [6, 6.07) is 12.6. The Bertz CT molecular complexity index is 872. The Hall–Kier alpha value is -2.24. The zero-order chi connectivity index (χ0) is 20.1. The highest BCUT2D eigenvalue weighted by molar-refractivity contribution is 6.31. The molecule has 0 saturated carbocycles. The minimum atomic E-state index is -0.195. The van der Waals surface area contributed by atoms with Gasteiger partial charge in [0.05, 0.1) is 12.2 Å². The molecule has 0 saturated heterocycles. The number of amides is 2. The van der Waals surface area contributed by atoms with Crippen LogP contribution in [0.3, 0.4) is 0 Å². The van der Waals surface area contributed by atoms with Gasteiger partial charge in [-0.1, -0.05) is 48.3 Å². The maximum absolute atomic E-state index is 12.8. The number of rotatable bonds is 6. The van der Waals surface area contributed by atoms with Crippen LogP contribution >= 0.6 is 23.2 Å². The molecule has 0 bridgehead atoms. The summed E-state index contributed by atoms with van der Waals surface area (Å²) in [7, 11) is 0. The number of fused-ring (bicyclic) bond motifs is 1. The lowest BCUT2D eigenvalue weighted by molar-refractivity contribution is -0.125. The quantitative estimate of drug-likeness (QED) is 0.742. The highest BCUT2D eigenvalue weighted by atomic mass is 35.5. The summed E-state index contributed by atoms with van der Waals surface area (Å²) in [5, 5.41) is 3.94. The van der Waals surface area contributed by atoms with Gasteiger partial charge in [0, 0.05) is 29.4 Å². The normalized spacial score (nSPS) is 15.5. The standard InChI is InChI=1S/C21H22Cl2N2O3/c1-2-16-13-25(18-11-15(22)7-8-19(18)28-16)21(27)10-9-20(26)24-12-14-5-3-4-6-17(14)23/h3-8,11,16H,2,9-10,12-13H2,1H3,(H,24,26). The van der Waals surface area contributed by atoms with Gasteiger partial charge in [0.15, 0.2) is 0 Å². The second kappa shape index (κ2) is 9.30. The molecular weight excluding hydrogens is 399 g/mol. The highest BCUT2D eigenvalue weighted by Crippen LogP contribution is 2.36. The fourth-order valence-corrected chi connectivity index (χ4v) is 3.42. The van der Waals surface area contributed by atoms with Crippen LogP contribution in [0.2, 0.25) is 10.0 Å². The second-order valence-electron chi connectivity index (χ2n) is 6.63. The molecule has 0 spiro atoms. The minimum absolute atomic E-state index is 0.0772. The summed E-state index contributed by atoms with van der Waals surface area (Å²) in [5.74, 6) is 0.317. The molecule has 2 aromatic rings. The molecule has 1 atom stereocenters. The minimum Gasteiger partial charge on any atom is -0.486 e. The molecule has 3 rings (SSSR count). The van der Waals surface area contributed by atoms with Crippen LogP contribution in [0.25, 0.3) is 0 Å². The van der Waals surface area contributed by atoms with E-state index in [1.165, 1.54) is 0 Å². The van der Waals surface area contributed by atoms with E-state index in [0.29, 0.717) is 34.6 Å². The third-order valence-electron chi connectivity index (χ3n) is 4.65. The predicted octanol–water partition coefficient (Wildman–Crippen LogP) is 4.59. The third kappa shape index (κ3) is 4.97. The monoisotopic (exact) mass is 420 g/mol. The zero-order valence-electron chi connectivity index (χ0n) is 15.6. The van der Waals surface area contributed by atoms with Gasteiger partial charge in [0.25, 0.3) is 0 Å². The van der Waals surface area contributed by atoms with Crippen molar-refractivity contribution in [2.24, 2.45) is 0 Å². The fourth-order valence-electron chi connectivity index (χ4n) is 3.05. The van der Waals surface area contributed by atoms with Crippen LogP contribution in [0.1, 0.15) is 31.7 Å². The maximum Gasteiger partial charge on any atom is 0.227 e. The Morgan fingerprint density at radius 1 is 1.18 bits per heavy atom. The average molecular weight is 421 g/mol. The van der Waals surface area contributed by atoms with Crippen LogP contribution in [0.5, 0.6) is 5.75 Å². The first-order chi connectivity index (χ1) is 13.5. The first-order valence-corrected chi connectivity index (χ1v) is 10.00. The Labute approximate surface area is 174 Å². The Morgan fingerprint density at radius 2 is 1.96 bits per heavy atom. The van der Waals surface area contributed by atoms with E-state index in [-0.39, 0.29) is 30.8 Å². The van der Waals surface area contributed by atoms with Gasteiger partial charge < -0.3 is 15.0 Å². The molecule has 7 heteroatoms. The van der Waals surface area contributed by atoms with Crippen molar-refractivity contribution in [1.29, 1.82) is 0 Å². The smallest absolute Gasteiger partial charge is 0.227 e. The molecule has 1 aliphatic rings. The number of nitrogens with one attached hydrogen (secondary N) is 1. The van der Waals surface area contributed by atoms with E-state index in [1.807, 2.05) is 25.1 Å². The molecule has 2 aromatic carbocycles. The first kappa shape index (κ1) is 20.5. The van der Waals surface area contributed by atoms with Crippen LogP contribution in [-0.2, 0) is 16.1 Å². The number of anilines is 1. The fraction of sp³-hybridized carbons (Fsp3) is 0.333. The molecule has 0 radical (unpaired) electrons. The molecule has 1 N–H and O–H groups in total. The van der Waals surface area contributed by atoms with E-state index >= 15 is 0 Å². The summed E-state index contributed by atoms with van der Waals surface area (Å²) in [6.45, 7) is 2.79. The van der Waals surface area contributed by atoms with E-state index in [0.717, 1.165) is 12.0 Å². The van der Waals surface area contributed by atoms with Crippen molar-refractivity contribution in [3.8, 4) is 5.75 Å². The van der Waals surface area contributed by atoms with Crippen LogP contribution in [-0.4, -0.2) is 24.5 Å². The van der Waals surface area contributed by atoms with E-state index < -0.39 is 0 Å². The van der Waals surface area contributed by atoms with Gasteiger partial charge in [-0.15, -0.1) is 0 Å². The van der Waals surface area contributed by atoms with Gasteiger partial charge in [-0.3, -0.25) is 9.59 Å². The molecule has 1 unspecified atom stereocenters. The summed E-state index contributed by atoms with van der Waals surface area (Å²) in [4.78, 5) is 26.6. The topological polar surface area (TPSA) is 58.6 Å². The van der Waals surface area contributed by atoms with Crippen molar-refractivity contribution in [3.63, 3.8) is 0 Å². The van der Waals surface area contributed by atoms with E-state index in [9.17, 15) is 9.59 Å². The number of benzene rings is 2. The van der Waals surface area contributed by atoms with Crippen molar-refractivity contribution >= 4 is 40.7 Å². The van der Waals surface area contributed by atoms with Crippen molar-refractivity contribution in [2.75, 3.05) is 11.4 Å². The van der Waals surface area contributed by atoms with Crippen molar-refractivity contribution in [2.45, 2.75) is 38.8 Å². The first-order valence-electron chi connectivity index (χ1n) is 9.24. The second-order valence-corrected chi connectivity index (χ2v) is 7.48. The number of ether oxygens (including phenoxy) is 1. The number of carbonyl (C=O) groups is 2. The molecule has 1 aliphatic heterocycles. The summed E-state index contributed by atoms with van der Waals surface area (Å²) in [5.41, 5.74) is 1.49. The maximum atomic E-state index is 12.8. The van der Waals surface area contributed by atoms with Gasteiger partial charge in [-0.05, 0) is 36.2 Å². The summed E-state index contributed by atoms with van der Waals surface area (Å²) < 4.78 is 5.90. The number of hydrogen-bond donors (Lipinski definition) is 1. The molecule has 0 fully saturated rings. The third-order valence-corrected chi connectivity index (χ3v) is 5.25. The average Bonchev–Trinajstić information content (AvgIpc) is 2.70. The van der Waals surface area contributed by atoms with E-state index in [1.54, 1.807) is 29.2 Å². The molecule has 0 aromatic heterocycles. The Morgan fingerprint density at radius 3 is 2.71 bits per heavy atom. The summed E-state index contributed by atoms with van der Waals surface area (Å²) in [6.07, 6.45) is 0.917. The number of carbonyl (C=O) groups excluding carboxylic acids is 2. The van der Waals surface area contributed by atoms with Crippen LogP contribution in [0, 0.1) is 0 Å². The molecular formula is C21H22Cl2N2O3.